The Labute approximate surface area is 110 Å². The molecule has 5 heteroatoms. The first kappa shape index (κ1) is 13.7. The Morgan fingerprint density at radius 1 is 1.26 bits per heavy atom. The van der Waals surface area contributed by atoms with Crippen LogP contribution in [0.4, 0.5) is 8.78 Å². The molecule has 0 saturated heterocycles. The molecule has 0 bridgehead atoms. The van der Waals surface area contributed by atoms with E-state index in [1.165, 1.54) is 6.07 Å². The maximum Gasteiger partial charge on any atom is 0.159 e. The van der Waals surface area contributed by atoms with Gasteiger partial charge in [-0.1, -0.05) is 13.8 Å². The molecular formula is C14H16F2N2O. The molecule has 2 aromatic rings. The number of halogens is 2. The number of hydrogen-bond acceptors (Lipinski definition) is 2. The van der Waals surface area contributed by atoms with Crippen molar-refractivity contribution in [1.29, 1.82) is 0 Å². The Hall–Kier alpha value is -1.75. The highest BCUT2D eigenvalue weighted by molar-refractivity contribution is 5.58. The Morgan fingerprint density at radius 2 is 2.00 bits per heavy atom. The summed E-state index contributed by atoms with van der Waals surface area (Å²) in [6.45, 7) is 3.96. The van der Waals surface area contributed by atoms with Crippen molar-refractivity contribution in [2.24, 2.45) is 5.92 Å². The molecule has 0 fully saturated rings. The van der Waals surface area contributed by atoms with Crippen molar-refractivity contribution < 1.29 is 13.9 Å². The fourth-order valence-corrected chi connectivity index (χ4v) is 1.95. The van der Waals surface area contributed by atoms with Crippen LogP contribution in [0.1, 0.15) is 25.6 Å². The topological polar surface area (TPSA) is 48.9 Å². The minimum absolute atomic E-state index is 0.0115. The first-order valence-corrected chi connectivity index (χ1v) is 6.14. The van der Waals surface area contributed by atoms with Gasteiger partial charge in [0.15, 0.2) is 11.6 Å². The van der Waals surface area contributed by atoms with E-state index in [0.717, 1.165) is 12.1 Å². The Bertz CT molecular complexity index is 566. The van der Waals surface area contributed by atoms with Crippen molar-refractivity contribution in [3.63, 3.8) is 0 Å². The molecule has 1 atom stereocenters. The molecule has 1 aromatic carbocycles. The van der Waals surface area contributed by atoms with Crippen LogP contribution in [0, 0.1) is 17.6 Å². The van der Waals surface area contributed by atoms with Crippen LogP contribution < -0.4 is 0 Å². The first-order chi connectivity index (χ1) is 9.02. The fraction of sp³-hybridized carbons (Fsp3) is 0.357. The summed E-state index contributed by atoms with van der Waals surface area (Å²) in [5.41, 5.74) is 1.13. The van der Waals surface area contributed by atoms with Crippen molar-refractivity contribution in [2.45, 2.75) is 19.8 Å². The number of rotatable bonds is 4. The van der Waals surface area contributed by atoms with Gasteiger partial charge in [-0.3, -0.25) is 0 Å². The predicted molar refractivity (Wildman–Crippen MR) is 68.6 cm³/mol. The second-order valence-electron chi connectivity index (χ2n) is 4.84. The van der Waals surface area contributed by atoms with Gasteiger partial charge in [-0.15, -0.1) is 0 Å². The van der Waals surface area contributed by atoms with E-state index in [9.17, 15) is 13.9 Å². The van der Waals surface area contributed by atoms with Gasteiger partial charge < -0.3 is 10.1 Å². The second kappa shape index (κ2) is 5.48. The first-order valence-electron chi connectivity index (χ1n) is 6.14. The molecule has 3 nitrogen and oxygen atoms in total. The lowest BCUT2D eigenvalue weighted by Gasteiger charge is -2.15. The van der Waals surface area contributed by atoms with Crippen molar-refractivity contribution in [3.8, 4) is 11.3 Å². The van der Waals surface area contributed by atoms with Crippen LogP contribution in [0.2, 0.25) is 0 Å². The maximum atomic E-state index is 13.2. The van der Waals surface area contributed by atoms with E-state index >= 15 is 0 Å². The van der Waals surface area contributed by atoms with Crippen molar-refractivity contribution in [3.05, 3.63) is 41.9 Å². The normalized spacial score (nSPS) is 12.9. The van der Waals surface area contributed by atoms with Gasteiger partial charge in [-0.05, 0) is 24.1 Å². The van der Waals surface area contributed by atoms with Gasteiger partial charge in [-0.2, -0.15) is 0 Å². The molecule has 0 radical (unpaired) electrons. The molecule has 102 valence electrons. The number of aliphatic hydroxyl groups excluding tert-OH is 1. The molecule has 1 aromatic heterocycles. The zero-order valence-corrected chi connectivity index (χ0v) is 10.8. The molecule has 0 saturated carbocycles. The molecule has 1 heterocycles. The summed E-state index contributed by atoms with van der Waals surface area (Å²) in [5, 5.41) is 9.34. The average Bonchev–Trinajstić information content (AvgIpc) is 2.82. The summed E-state index contributed by atoms with van der Waals surface area (Å²) in [6, 6.07) is 3.69. The number of nitrogens with zero attached hydrogens (tertiary/aromatic N) is 1. The summed E-state index contributed by atoms with van der Waals surface area (Å²) < 4.78 is 26.0. The number of aromatic nitrogens is 2. The van der Waals surface area contributed by atoms with Crippen LogP contribution in [0.3, 0.4) is 0 Å². The minimum atomic E-state index is -0.892. The smallest absolute Gasteiger partial charge is 0.159 e. The minimum Gasteiger partial charge on any atom is -0.396 e. The highest BCUT2D eigenvalue weighted by Crippen LogP contribution is 2.25. The standard InChI is InChI=1S/C14H16F2N2O/c1-8(2)10(7-19)14-17-6-13(18-14)9-3-4-11(15)12(16)5-9/h3-6,8,10,19H,7H2,1-2H3,(H,17,18). The number of nitrogens with one attached hydrogen (secondary N) is 1. The predicted octanol–water partition coefficient (Wildman–Crippen LogP) is 3.09. The van der Waals surface area contributed by atoms with Crippen LogP contribution in [-0.4, -0.2) is 21.7 Å². The average molecular weight is 266 g/mol. The van der Waals surface area contributed by atoms with E-state index in [4.69, 9.17) is 0 Å². The van der Waals surface area contributed by atoms with Crippen LogP contribution in [0.5, 0.6) is 0 Å². The van der Waals surface area contributed by atoms with Crippen molar-refractivity contribution >= 4 is 0 Å². The molecule has 0 aliphatic heterocycles. The lowest BCUT2D eigenvalue weighted by Crippen LogP contribution is -2.12. The number of benzene rings is 1. The SMILES string of the molecule is CC(C)C(CO)c1ncc(-c2ccc(F)c(F)c2)[nH]1. The van der Waals surface area contributed by atoms with E-state index in [-0.39, 0.29) is 18.4 Å². The van der Waals surface area contributed by atoms with Gasteiger partial charge >= 0.3 is 0 Å². The van der Waals surface area contributed by atoms with Crippen LogP contribution >= 0.6 is 0 Å². The van der Waals surface area contributed by atoms with Gasteiger partial charge in [0.1, 0.15) is 5.82 Å². The van der Waals surface area contributed by atoms with E-state index in [1.807, 2.05) is 13.8 Å². The molecule has 2 rings (SSSR count). The largest absolute Gasteiger partial charge is 0.396 e. The Balaban J connectivity index is 2.32. The summed E-state index contributed by atoms with van der Waals surface area (Å²) in [6.07, 6.45) is 1.56. The Kier molecular flexibility index (Phi) is 3.95. The van der Waals surface area contributed by atoms with Gasteiger partial charge in [-0.25, -0.2) is 13.8 Å². The van der Waals surface area contributed by atoms with Gasteiger partial charge in [0.25, 0.3) is 0 Å². The zero-order valence-electron chi connectivity index (χ0n) is 10.8. The van der Waals surface area contributed by atoms with E-state index in [2.05, 4.69) is 9.97 Å². The maximum absolute atomic E-state index is 13.2. The quantitative estimate of drug-likeness (QED) is 0.893. The molecule has 0 aliphatic carbocycles. The van der Waals surface area contributed by atoms with E-state index < -0.39 is 11.6 Å². The van der Waals surface area contributed by atoms with Gasteiger partial charge in [0.2, 0.25) is 0 Å². The van der Waals surface area contributed by atoms with E-state index in [1.54, 1.807) is 6.20 Å². The monoisotopic (exact) mass is 266 g/mol. The summed E-state index contributed by atoms with van der Waals surface area (Å²) >= 11 is 0. The third-order valence-corrected chi connectivity index (χ3v) is 3.18. The fourth-order valence-electron chi connectivity index (χ4n) is 1.95. The number of H-pyrrole nitrogens is 1. The molecule has 2 N–H and O–H groups in total. The molecule has 0 spiro atoms. The molecule has 19 heavy (non-hydrogen) atoms. The van der Waals surface area contributed by atoms with E-state index in [0.29, 0.717) is 17.1 Å². The van der Waals surface area contributed by atoms with Crippen LogP contribution in [0.15, 0.2) is 24.4 Å². The molecular weight excluding hydrogens is 250 g/mol. The number of hydrogen-bond donors (Lipinski definition) is 2. The number of aliphatic hydroxyl groups is 1. The highest BCUT2D eigenvalue weighted by Gasteiger charge is 2.18. The van der Waals surface area contributed by atoms with Crippen LogP contribution in [0.25, 0.3) is 11.3 Å². The second-order valence-corrected chi connectivity index (χ2v) is 4.84. The highest BCUT2D eigenvalue weighted by atomic mass is 19.2. The number of imidazole rings is 1. The zero-order chi connectivity index (χ0) is 14.0. The van der Waals surface area contributed by atoms with Gasteiger partial charge in [0, 0.05) is 11.5 Å². The van der Waals surface area contributed by atoms with Gasteiger partial charge in [0.05, 0.1) is 18.5 Å². The Morgan fingerprint density at radius 3 is 2.58 bits per heavy atom. The summed E-state index contributed by atoms with van der Waals surface area (Å²) in [7, 11) is 0. The van der Waals surface area contributed by atoms with Crippen molar-refractivity contribution in [2.75, 3.05) is 6.61 Å². The number of aromatic amines is 1. The molecule has 0 aliphatic rings. The third-order valence-electron chi connectivity index (χ3n) is 3.18. The summed E-state index contributed by atoms with van der Waals surface area (Å²) in [5.74, 6) is -0.986. The van der Waals surface area contributed by atoms with Crippen molar-refractivity contribution in [1.82, 2.24) is 9.97 Å². The molecule has 1 unspecified atom stereocenters. The molecule has 0 amide bonds. The lowest BCUT2D eigenvalue weighted by molar-refractivity contribution is 0.232. The van der Waals surface area contributed by atoms with Crippen LogP contribution in [-0.2, 0) is 0 Å². The third kappa shape index (κ3) is 2.81. The lowest BCUT2D eigenvalue weighted by atomic mass is 9.96. The summed E-state index contributed by atoms with van der Waals surface area (Å²) in [4.78, 5) is 7.25.